The van der Waals surface area contributed by atoms with Crippen LogP contribution in [-0.2, 0) is 11.3 Å². The van der Waals surface area contributed by atoms with Crippen molar-refractivity contribution in [3.63, 3.8) is 0 Å². The van der Waals surface area contributed by atoms with Crippen LogP contribution >= 0.6 is 0 Å². The minimum Gasteiger partial charge on any atom is -0.481 e. The van der Waals surface area contributed by atoms with Gasteiger partial charge in [0.25, 0.3) is 0 Å². The van der Waals surface area contributed by atoms with Gasteiger partial charge in [0.2, 0.25) is 0 Å². The number of aromatic nitrogens is 3. The summed E-state index contributed by atoms with van der Waals surface area (Å²) in [5.41, 5.74) is 1.93. The Morgan fingerprint density at radius 3 is 3.00 bits per heavy atom. The summed E-state index contributed by atoms with van der Waals surface area (Å²) in [5, 5.41) is 9.51. The number of carboxylic acid groups (broad SMARTS) is 1. The van der Waals surface area contributed by atoms with Gasteiger partial charge >= 0.3 is 5.97 Å². The van der Waals surface area contributed by atoms with E-state index in [1.165, 1.54) is 0 Å². The highest BCUT2D eigenvalue weighted by Crippen LogP contribution is 2.43. The van der Waals surface area contributed by atoms with E-state index >= 15 is 0 Å². The summed E-state index contributed by atoms with van der Waals surface area (Å²) in [6, 6.07) is 1.97. The van der Waals surface area contributed by atoms with Crippen LogP contribution in [0.1, 0.15) is 44.9 Å². The highest BCUT2D eigenvalue weighted by Gasteiger charge is 2.40. The SMILES string of the molecule is CCCn1c(C2CC(C)CC2C(=O)O)nc2cnccc21. The van der Waals surface area contributed by atoms with Crippen LogP contribution in [0.25, 0.3) is 11.0 Å². The minimum atomic E-state index is -0.697. The number of aliphatic carboxylic acids is 1. The molecule has 1 saturated carbocycles. The number of fused-ring (bicyclic) bond motifs is 1. The lowest BCUT2D eigenvalue weighted by Crippen LogP contribution is -2.20. The molecular weight excluding hydrogens is 266 g/mol. The largest absolute Gasteiger partial charge is 0.481 e. The van der Waals surface area contributed by atoms with E-state index < -0.39 is 5.97 Å². The molecule has 0 aromatic carbocycles. The molecule has 0 aliphatic heterocycles. The van der Waals surface area contributed by atoms with Crippen molar-refractivity contribution < 1.29 is 9.90 Å². The van der Waals surface area contributed by atoms with Crippen molar-refractivity contribution >= 4 is 17.0 Å². The van der Waals surface area contributed by atoms with Crippen molar-refractivity contribution in [2.45, 2.75) is 45.6 Å². The van der Waals surface area contributed by atoms with Gasteiger partial charge in [0, 0.05) is 18.7 Å². The van der Waals surface area contributed by atoms with E-state index in [0.717, 1.165) is 42.7 Å². The van der Waals surface area contributed by atoms with Crippen LogP contribution in [0.3, 0.4) is 0 Å². The molecule has 0 spiro atoms. The summed E-state index contributed by atoms with van der Waals surface area (Å²) >= 11 is 0. The number of hydrogen-bond donors (Lipinski definition) is 1. The first-order valence-corrected chi connectivity index (χ1v) is 7.64. The highest BCUT2D eigenvalue weighted by molar-refractivity contribution is 5.76. The monoisotopic (exact) mass is 287 g/mol. The van der Waals surface area contributed by atoms with Crippen LogP contribution in [0.5, 0.6) is 0 Å². The lowest BCUT2D eigenvalue weighted by molar-refractivity contribution is -0.142. The molecule has 3 unspecified atom stereocenters. The topological polar surface area (TPSA) is 68.0 Å². The van der Waals surface area contributed by atoms with Gasteiger partial charge in [-0.2, -0.15) is 0 Å². The first kappa shape index (κ1) is 14.0. The first-order chi connectivity index (χ1) is 10.1. The third-order valence-corrected chi connectivity index (χ3v) is 4.47. The maximum atomic E-state index is 11.6. The van der Waals surface area contributed by atoms with Gasteiger partial charge in [-0.05, 0) is 31.2 Å². The molecule has 21 heavy (non-hydrogen) atoms. The Balaban J connectivity index is 2.10. The van der Waals surface area contributed by atoms with E-state index in [4.69, 9.17) is 4.98 Å². The molecule has 112 valence electrons. The number of pyridine rings is 1. The van der Waals surface area contributed by atoms with Gasteiger partial charge in [0.05, 0.1) is 17.6 Å². The Bertz CT molecular complexity index is 665. The Morgan fingerprint density at radius 2 is 2.29 bits per heavy atom. The van der Waals surface area contributed by atoms with Gasteiger partial charge in [-0.25, -0.2) is 4.98 Å². The lowest BCUT2D eigenvalue weighted by Gasteiger charge is -2.17. The van der Waals surface area contributed by atoms with Crippen molar-refractivity contribution in [1.29, 1.82) is 0 Å². The molecule has 0 bridgehead atoms. The fourth-order valence-corrected chi connectivity index (χ4v) is 3.59. The molecule has 0 saturated heterocycles. The molecule has 2 aromatic rings. The normalized spacial score (nSPS) is 25.5. The predicted octanol–water partition coefficient (Wildman–Crippen LogP) is 3.06. The fourth-order valence-electron chi connectivity index (χ4n) is 3.59. The zero-order chi connectivity index (χ0) is 15.0. The van der Waals surface area contributed by atoms with Crippen molar-refractivity contribution in [3.05, 3.63) is 24.3 Å². The van der Waals surface area contributed by atoms with Crippen molar-refractivity contribution in [3.8, 4) is 0 Å². The molecule has 1 aliphatic carbocycles. The molecule has 1 aliphatic rings. The molecule has 3 rings (SSSR count). The Labute approximate surface area is 124 Å². The van der Waals surface area contributed by atoms with Crippen molar-refractivity contribution in [1.82, 2.24) is 14.5 Å². The average Bonchev–Trinajstić information content (AvgIpc) is 3.01. The van der Waals surface area contributed by atoms with E-state index in [9.17, 15) is 9.90 Å². The van der Waals surface area contributed by atoms with Crippen LogP contribution in [0.4, 0.5) is 0 Å². The van der Waals surface area contributed by atoms with Crippen molar-refractivity contribution in [2.24, 2.45) is 11.8 Å². The summed E-state index contributed by atoms with van der Waals surface area (Å²) in [7, 11) is 0. The second-order valence-corrected chi connectivity index (χ2v) is 6.11. The molecule has 2 heterocycles. The third-order valence-electron chi connectivity index (χ3n) is 4.47. The number of rotatable bonds is 4. The smallest absolute Gasteiger partial charge is 0.307 e. The van der Waals surface area contributed by atoms with Crippen LogP contribution in [-0.4, -0.2) is 25.6 Å². The second-order valence-electron chi connectivity index (χ2n) is 6.11. The van der Waals surface area contributed by atoms with Gasteiger partial charge in [-0.15, -0.1) is 0 Å². The van der Waals surface area contributed by atoms with Gasteiger partial charge in [0.15, 0.2) is 0 Å². The molecule has 1 N–H and O–H groups in total. The number of nitrogens with zero attached hydrogens (tertiary/aromatic N) is 3. The maximum absolute atomic E-state index is 11.6. The van der Waals surface area contributed by atoms with Gasteiger partial charge in [-0.1, -0.05) is 13.8 Å². The van der Waals surface area contributed by atoms with Gasteiger partial charge in [0.1, 0.15) is 11.3 Å². The van der Waals surface area contributed by atoms with Gasteiger partial charge < -0.3 is 9.67 Å². The van der Waals surface area contributed by atoms with E-state index in [0.29, 0.717) is 5.92 Å². The maximum Gasteiger partial charge on any atom is 0.307 e. The molecule has 5 heteroatoms. The predicted molar refractivity (Wildman–Crippen MR) is 80.1 cm³/mol. The quantitative estimate of drug-likeness (QED) is 0.938. The van der Waals surface area contributed by atoms with E-state index in [1.807, 2.05) is 6.07 Å². The standard InChI is InChI=1S/C16H21N3O2/c1-3-6-19-14-4-5-17-9-13(14)18-15(19)11-7-10(2)8-12(11)16(20)21/h4-5,9-12H,3,6-8H2,1-2H3,(H,20,21). The number of carboxylic acids is 1. The van der Waals surface area contributed by atoms with Crippen LogP contribution < -0.4 is 0 Å². The minimum absolute atomic E-state index is 0.0106. The molecule has 5 nitrogen and oxygen atoms in total. The summed E-state index contributed by atoms with van der Waals surface area (Å²) in [5.74, 6) is 0.357. The van der Waals surface area contributed by atoms with E-state index in [-0.39, 0.29) is 11.8 Å². The Morgan fingerprint density at radius 1 is 1.48 bits per heavy atom. The number of carbonyl (C=O) groups is 1. The number of imidazole rings is 1. The Hall–Kier alpha value is -1.91. The molecule has 0 amide bonds. The molecule has 1 fully saturated rings. The number of aryl methyl sites for hydroxylation is 1. The molecular formula is C16H21N3O2. The summed E-state index contributed by atoms with van der Waals surface area (Å²) in [6.07, 6.45) is 6.18. The second kappa shape index (κ2) is 5.47. The third kappa shape index (κ3) is 2.41. The van der Waals surface area contributed by atoms with Crippen LogP contribution in [0.15, 0.2) is 18.5 Å². The first-order valence-electron chi connectivity index (χ1n) is 7.64. The summed E-state index contributed by atoms with van der Waals surface area (Å²) in [6.45, 7) is 5.13. The van der Waals surface area contributed by atoms with E-state index in [1.54, 1.807) is 12.4 Å². The van der Waals surface area contributed by atoms with Gasteiger partial charge in [-0.3, -0.25) is 9.78 Å². The fraction of sp³-hybridized carbons (Fsp3) is 0.562. The summed E-state index contributed by atoms with van der Waals surface area (Å²) in [4.78, 5) is 20.4. The number of hydrogen-bond acceptors (Lipinski definition) is 3. The van der Waals surface area contributed by atoms with Crippen LogP contribution in [0.2, 0.25) is 0 Å². The lowest BCUT2D eigenvalue weighted by atomic mass is 9.95. The molecule has 3 atom stereocenters. The molecule has 2 aromatic heterocycles. The van der Waals surface area contributed by atoms with Crippen molar-refractivity contribution in [2.75, 3.05) is 0 Å². The summed E-state index contributed by atoms with van der Waals surface area (Å²) < 4.78 is 2.19. The average molecular weight is 287 g/mol. The Kier molecular flexibility index (Phi) is 3.66. The zero-order valence-electron chi connectivity index (χ0n) is 12.5. The van der Waals surface area contributed by atoms with E-state index in [2.05, 4.69) is 23.4 Å². The zero-order valence-corrected chi connectivity index (χ0v) is 12.5. The van der Waals surface area contributed by atoms with Crippen LogP contribution in [0, 0.1) is 11.8 Å². The molecule has 0 radical (unpaired) electrons. The highest BCUT2D eigenvalue weighted by atomic mass is 16.4.